The van der Waals surface area contributed by atoms with Crippen molar-refractivity contribution in [1.29, 1.82) is 0 Å². The van der Waals surface area contributed by atoms with Crippen LogP contribution in [-0.2, 0) is 0 Å². The molecule has 3 nitrogen and oxygen atoms in total. The van der Waals surface area contributed by atoms with Crippen LogP contribution in [0.2, 0.25) is 0 Å². The van der Waals surface area contributed by atoms with Gasteiger partial charge in [0, 0.05) is 11.6 Å². The van der Waals surface area contributed by atoms with Gasteiger partial charge in [0.1, 0.15) is 5.75 Å². The highest BCUT2D eigenvalue weighted by molar-refractivity contribution is 5.23. The molecule has 0 fully saturated rings. The second-order valence-electron chi connectivity index (χ2n) is 4.69. The normalized spacial score (nSPS) is 14.3. The van der Waals surface area contributed by atoms with Crippen LogP contribution < -0.4 is 10.5 Å². The molecule has 0 saturated carbocycles. The third-order valence-corrected chi connectivity index (χ3v) is 2.66. The number of nitrogens with two attached hydrogens (primary N) is 1. The summed E-state index contributed by atoms with van der Waals surface area (Å²) in [5.41, 5.74) is 5.20. The summed E-state index contributed by atoms with van der Waals surface area (Å²) in [6.45, 7) is 2.13. The quantitative estimate of drug-likeness (QED) is 0.738. The van der Waals surface area contributed by atoms with E-state index in [9.17, 15) is 8.78 Å². The maximum Gasteiger partial charge on any atom is 0.162 e. The SMILES string of the molecule is CC(N)(CO)CCCCOc1ccc(F)c(F)c1. The van der Waals surface area contributed by atoms with Gasteiger partial charge in [0.25, 0.3) is 0 Å². The molecule has 0 aliphatic rings. The Morgan fingerprint density at radius 1 is 1.28 bits per heavy atom. The van der Waals surface area contributed by atoms with Gasteiger partial charge in [-0.2, -0.15) is 0 Å². The van der Waals surface area contributed by atoms with Crippen LogP contribution in [0.1, 0.15) is 26.2 Å². The molecule has 0 saturated heterocycles. The van der Waals surface area contributed by atoms with E-state index in [1.165, 1.54) is 6.07 Å². The van der Waals surface area contributed by atoms with Crippen LogP contribution in [0.3, 0.4) is 0 Å². The fourth-order valence-corrected chi connectivity index (χ4v) is 1.47. The van der Waals surface area contributed by atoms with Crippen molar-refractivity contribution in [2.45, 2.75) is 31.7 Å². The lowest BCUT2D eigenvalue weighted by Gasteiger charge is -2.21. The first-order valence-corrected chi connectivity index (χ1v) is 5.92. The summed E-state index contributed by atoms with van der Waals surface area (Å²) in [4.78, 5) is 0. The summed E-state index contributed by atoms with van der Waals surface area (Å²) in [6, 6.07) is 3.45. The molecule has 1 aromatic carbocycles. The average Bonchev–Trinajstić information content (AvgIpc) is 2.33. The van der Waals surface area contributed by atoms with Gasteiger partial charge in [0.2, 0.25) is 0 Å². The van der Waals surface area contributed by atoms with E-state index in [1.54, 1.807) is 6.92 Å². The second-order valence-corrected chi connectivity index (χ2v) is 4.69. The van der Waals surface area contributed by atoms with Gasteiger partial charge in [-0.1, -0.05) is 0 Å². The molecule has 0 spiro atoms. The smallest absolute Gasteiger partial charge is 0.162 e. The van der Waals surface area contributed by atoms with Gasteiger partial charge in [-0.3, -0.25) is 0 Å². The van der Waals surface area contributed by atoms with E-state index in [1.807, 2.05) is 0 Å². The number of hydrogen-bond acceptors (Lipinski definition) is 3. The predicted octanol–water partition coefficient (Wildman–Crippen LogP) is 2.22. The summed E-state index contributed by atoms with van der Waals surface area (Å²) in [7, 11) is 0. The first-order valence-electron chi connectivity index (χ1n) is 5.92. The number of ether oxygens (including phenoxy) is 1. The van der Waals surface area contributed by atoms with Gasteiger partial charge in [0.15, 0.2) is 11.6 Å². The minimum Gasteiger partial charge on any atom is -0.493 e. The van der Waals surface area contributed by atoms with Crippen molar-refractivity contribution in [1.82, 2.24) is 0 Å². The van der Waals surface area contributed by atoms with Gasteiger partial charge < -0.3 is 15.6 Å². The van der Waals surface area contributed by atoms with Crippen LogP contribution >= 0.6 is 0 Å². The van der Waals surface area contributed by atoms with Gasteiger partial charge >= 0.3 is 0 Å². The van der Waals surface area contributed by atoms with E-state index >= 15 is 0 Å². The summed E-state index contributed by atoms with van der Waals surface area (Å²) in [6.07, 6.45) is 2.23. The molecule has 1 aromatic rings. The Morgan fingerprint density at radius 2 is 2.00 bits per heavy atom. The first kappa shape index (κ1) is 14.9. The largest absolute Gasteiger partial charge is 0.493 e. The van der Waals surface area contributed by atoms with Crippen LogP contribution in [0.25, 0.3) is 0 Å². The fraction of sp³-hybridized carbons (Fsp3) is 0.538. The topological polar surface area (TPSA) is 55.5 Å². The lowest BCUT2D eigenvalue weighted by molar-refractivity contribution is 0.194. The van der Waals surface area contributed by atoms with E-state index in [-0.39, 0.29) is 6.61 Å². The van der Waals surface area contributed by atoms with Crippen molar-refractivity contribution in [2.24, 2.45) is 5.73 Å². The third kappa shape index (κ3) is 4.98. The molecular weight excluding hydrogens is 240 g/mol. The molecule has 0 radical (unpaired) electrons. The number of halogens is 2. The van der Waals surface area contributed by atoms with Crippen LogP contribution in [0.4, 0.5) is 8.78 Å². The molecule has 0 bridgehead atoms. The standard InChI is InChI=1S/C13H19F2NO2/c1-13(16,9-17)6-2-3-7-18-10-4-5-11(14)12(15)8-10/h4-5,8,17H,2-3,6-7,9,16H2,1H3. The molecule has 0 aliphatic carbocycles. The Morgan fingerprint density at radius 3 is 2.61 bits per heavy atom. The molecule has 0 heterocycles. The molecule has 18 heavy (non-hydrogen) atoms. The molecular formula is C13H19F2NO2. The van der Waals surface area contributed by atoms with Crippen LogP contribution in [0, 0.1) is 11.6 Å². The van der Waals surface area contributed by atoms with Gasteiger partial charge in [-0.25, -0.2) is 8.78 Å². The molecule has 102 valence electrons. The molecule has 3 N–H and O–H groups in total. The van der Waals surface area contributed by atoms with Crippen molar-refractivity contribution < 1.29 is 18.6 Å². The van der Waals surface area contributed by atoms with E-state index in [4.69, 9.17) is 15.6 Å². The Hall–Kier alpha value is -1.20. The van der Waals surface area contributed by atoms with E-state index in [0.717, 1.165) is 25.0 Å². The zero-order valence-electron chi connectivity index (χ0n) is 10.5. The van der Waals surface area contributed by atoms with Gasteiger partial charge in [-0.05, 0) is 38.3 Å². The highest BCUT2D eigenvalue weighted by Gasteiger charge is 2.15. The third-order valence-electron chi connectivity index (χ3n) is 2.66. The second kappa shape index (κ2) is 6.66. The summed E-state index contributed by atoms with van der Waals surface area (Å²) < 4.78 is 30.8. The highest BCUT2D eigenvalue weighted by Crippen LogP contribution is 2.16. The number of benzene rings is 1. The van der Waals surface area contributed by atoms with Crippen molar-refractivity contribution in [3.05, 3.63) is 29.8 Å². The molecule has 0 aliphatic heterocycles. The lowest BCUT2D eigenvalue weighted by atomic mass is 9.97. The lowest BCUT2D eigenvalue weighted by Crippen LogP contribution is -2.39. The molecule has 5 heteroatoms. The molecule has 0 amide bonds. The molecule has 1 rings (SSSR count). The Labute approximate surface area is 106 Å². The minimum atomic E-state index is -0.915. The van der Waals surface area contributed by atoms with Gasteiger partial charge in [-0.15, -0.1) is 0 Å². The fourth-order valence-electron chi connectivity index (χ4n) is 1.47. The summed E-state index contributed by atoms with van der Waals surface area (Å²) in [5.74, 6) is -1.49. The van der Waals surface area contributed by atoms with Crippen LogP contribution in [-0.4, -0.2) is 23.9 Å². The number of rotatable bonds is 7. The predicted molar refractivity (Wildman–Crippen MR) is 65.4 cm³/mol. The van der Waals surface area contributed by atoms with E-state index < -0.39 is 17.2 Å². The highest BCUT2D eigenvalue weighted by atomic mass is 19.2. The Bertz CT molecular complexity index is 383. The average molecular weight is 259 g/mol. The number of hydrogen-bond donors (Lipinski definition) is 2. The van der Waals surface area contributed by atoms with Gasteiger partial charge in [0.05, 0.1) is 13.2 Å². The zero-order chi connectivity index (χ0) is 13.6. The monoisotopic (exact) mass is 259 g/mol. The molecule has 1 unspecified atom stereocenters. The maximum absolute atomic E-state index is 12.9. The minimum absolute atomic E-state index is 0.0585. The Kier molecular flexibility index (Phi) is 5.50. The number of aliphatic hydroxyl groups is 1. The zero-order valence-corrected chi connectivity index (χ0v) is 10.5. The number of aliphatic hydroxyl groups excluding tert-OH is 1. The van der Waals surface area contributed by atoms with Crippen molar-refractivity contribution in [2.75, 3.05) is 13.2 Å². The molecule has 0 aromatic heterocycles. The number of unbranched alkanes of at least 4 members (excludes halogenated alkanes) is 1. The first-order chi connectivity index (χ1) is 8.44. The van der Waals surface area contributed by atoms with E-state index in [2.05, 4.69) is 0 Å². The van der Waals surface area contributed by atoms with Crippen LogP contribution in [0.15, 0.2) is 18.2 Å². The summed E-state index contributed by atoms with van der Waals surface area (Å²) in [5, 5.41) is 8.95. The van der Waals surface area contributed by atoms with Crippen molar-refractivity contribution in [3.8, 4) is 5.75 Å². The van der Waals surface area contributed by atoms with Crippen LogP contribution in [0.5, 0.6) is 5.75 Å². The van der Waals surface area contributed by atoms with E-state index in [0.29, 0.717) is 18.8 Å². The molecule has 1 atom stereocenters. The summed E-state index contributed by atoms with van der Waals surface area (Å²) >= 11 is 0. The van der Waals surface area contributed by atoms with Crippen molar-refractivity contribution >= 4 is 0 Å². The Balaban J connectivity index is 2.24. The maximum atomic E-state index is 12.9. The van der Waals surface area contributed by atoms with Crippen molar-refractivity contribution in [3.63, 3.8) is 0 Å².